The standard InChI is InChI=1S/C14H13N3O2S2/c1-9(10-5-6-19-16-10)17(2)14(18)11-8-21-13(15-11)12-4-3-7-20-12/h3-9H,1-2H3. The van der Waals surface area contributed by atoms with E-state index in [1.807, 2.05) is 24.4 Å². The maximum Gasteiger partial charge on any atom is 0.273 e. The molecule has 0 bridgehead atoms. The van der Waals surface area contributed by atoms with E-state index in [-0.39, 0.29) is 11.9 Å². The van der Waals surface area contributed by atoms with E-state index in [2.05, 4.69) is 10.1 Å². The zero-order valence-corrected chi connectivity index (χ0v) is 13.1. The number of thiophene rings is 1. The van der Waals surface area contributed by atoms with Gasteiger partial charge < -0.3 is 9.42 Å². The summed E-state index contributed by atoms with van der Waals surface area (Å²) in [7, 11) is 1.74. The highest BCUT2D eigenvalue weighted by molar-refractivity contribution is 7.20. The van der Waals surface area contributed by atoms with Crippen LogP contribution < -0.4 is 0 Å². The predicted molar refractivity (Wildman–Crippen MR) is 82.4 cm³/mol. The number of carbonyl (C=O) groups excluding carboxylic acids is 1. The van der Waals surface area contributed by atoms with Crippen molar-refractivity contribution in [3.63, 3.8) is 0 Å². The summed E-state index contributed by atoms with van der Waals surface area (Å²) in [4.78, 5) is 19.6. The Kier molecular flexibility index (Phi) is 3.85. The number of hydrogen-bond donors (Lipinski definition) is 0. The third kappa shape index (κ3) is 2.74. The van der Waals surface area contributed by atoms with E-state index in [1.54, 1.807) is 34.7 Å². The van der Waals surface area contributed by atoms with Crippen molar-refractivity contribution in [2.45, 2.75) is 13.0 Å². The number of carbonyl (C=O) groups is 1. The van der Waals surface area contributed by atoms with Crippen molar-refractivity contribution in [3.05, 3.63) is 46.6 Å². The molecule has 21 heavy (non-hydrogen) atoms. The first-order valence-corrected chi connectivity index (χ1v) is 8.09. The predicted octanol–water partition coefficient (Wildman–Crippen LogP) is 3.69. The number of amides is 1. The van der Waals surface area contributed by atoms with Gasteiger partial charge in [0.15, 0.2) is 0 Å². The van der Waals surface area contributed by atoms with Crippen molar-refractivity contribution in [1.82, 2.24) is 15.0 Å². The summed E-state index contributed by atoms with van der Waals surface area (Å²) in [6.07, 6.45) is 1.50. The minimum atomic E-state index is -0.164. The van der Waals surface area contributed by atoms with E-state index >= 15 is 0 Å². The molecule has 3 aromatic rings. The van der Waals surface area contributed by atoms with Crippen LogP contribution in [0.1, 0.15) is 29.1 Å². The number of thiazole rings is 1. The van der Waals surface area contributed by atoms with Crippen LogP contribution in [0.15, 0.2) is 39.7 Å². The Balaban J connectivity index is 1.79. The van der Waals surface area contributed by atoms with E-state index < -0.39 is 0 Å². The molecule has 3 heterocycles. The average Bonchev–Trinajstić information content (AvgIpc) is 3.26. The van der Waals surface area contributed by atoms with Gasteiger partial charge in [-0.3, -0.25) is 4.79 Å². The van der Waals surface area contributed by atoms with E-state index in [0.29, 0.717) is 5.69 Å². The summed E-state index contributed by atoms with van der Waals surface area (Å²) in [6.45, 7) is 1.91. The van der Waals surface area contributed by atoms with Crippen LogP contribution >= 0.6 is 22.7 Å². The minimum Gasteiger partial charge on any atom is -0.364 e. The van der Waals surface area contributed by atoms with Crippen molar-refractivity contribution < 1.29 is 9.32 Å². The molecule has 0 aliphatic heterocycles. The van der Waals surface area contributed by atoms with Crippen molar-refractivity contribution in [2.24, 2.45) is 0 Å². The molecule has 0 fully saturated rings. The summed E-state index contributed by atoms with van der Waals surface area (Å²) in [5.74, 6) is -0.121. The van der Waals surface area contributed by atoms with Gasteiger partial charge in [0.2, 0.25) is 0 Å². The maximum absolute atomic E-state index is 12.5. The molecule has 108 valence electrons. The summed E-state index contributed by atoms with van der Waals surface area (Å²) >= 11 is 3.09. The van der Waals surface area contributed by atoms with Crippen LogP contribution in [0.5, 0.6) is 0 Å². The highest BCUT2D eigenvalue weighted by atomic mass is 32.1. The molecule has 0 aromatic carbocycles. The molecule has 0 spiro atoms. The van der Waals surface area contributed by atoms with Gasteiger partial charge in [-0.15, -0.1) is 22.7 Å². The second-order valence-electron chi connectivity index (χ2n) is 4.53. The zero-order chi connectivity index (χ0) is 14.8. The molecular formula is C14H13N3O2S2. The molecule has 7 heteroatoms. The van der Waals surface area contributed by atoms with Crippen LogP contribution in [0.4, 0.5) is 0 Å². The van der Waals surface area contributed by atoms with Crippen molar-refractivity contribution >= 4 is 28.6 Å². The van der Waals surface area contributed by atoms with E-state index in [9.17, 15) is 4.79 Å². The Bertz CT molecular complexity index is 719. The molecule has 1 unspecified atom stereocenters. The van der Waals surface area contributed by atoms with Gasteiger partial charge in [0.1, 0.15) is 22.7 Å². The van der Waals surface area contributed by atoms with E-state index in [0.717, 1.165) is 15.6 Å². The fourth-order valence-electron chi connectivity index (χ4n) is 1.88. The lowest BCUT2D eigenvalue weighted by atomic mass is 10.2. The molecule has 1 atom stereocenters. The largest absolute Gasteiger partial charge is 0.364 e. The Morgan fingerprint density at radius 1 is 1.38 bits per heavy atom. The smallest absolute Gasteiger partial charge is 0.273 e. The van der Waals surface area contributed by atoms with E-state index in [1.165, 1.54) is 17.6 Å². The van der Waals surface area contributed by atoms with Crippen molar-refractivity contribution in [3.8, 4) is 9.88 Å². The highest BCUT2D eigenvalue weighted by Crippen LogP contribution is 2.28. The second-order valence-corrected chi connectivity index (χ2v) is 6.34. The van der Waals surface area contributed by atoms with Gasteiger partial charge >= 0.3 is 0 Å². The molecular weight excluding hydrogens is 306 g/mol. The van der Waals surface area contributed by atoms with Crippen LogP contribution in [-0.4, -0.2) is 28.0 Å². The number of hydrogen-bond acceptors (Lipinski definition) is 6. The van der Waals surface area contributed by atoms with Gasteiger partial charge in [-0.25, -0.2) is 4.98 Å². The summed E-state index contributed by atoms with van der Waals surface area (Å²) in [5.41, 5.74) is 1.18. The molecule has 0 N–H and O–H groups in total. The fourth-order valence-corrected chi connectivity index (χ4v) is 3.49. The maximum atomic E-state index is 12.5. The fraction of sp³-hybridized carbons (Fsp3) is 0.214. The first-order valence-electron chi connectivity index (χ1n) is 6.33. The SMILES string of the molecule is CC(c1ccon1)N(C)C(=O)c1csc(-c2cccs2)n1. The number of rotatable bonds is 4. The third-order valence-corrected chi connectivity index (χ3v) is 5.12. The Hall–Kier alpha value is -1.99. The van der Waals surface area contributed by atoms with Gasteiger partial charge in [0, 0.05) is 18.5 Å². The summed E-state index contributed by atoms with van der Waals surface area (Å²) in [6, 6.07) is 5.57. The Morgan fingerprint density at radius 3 is 2.90 bits per heavy atom. The van der Waals surface area contributed by atoms with Gasteiger partial charge in [-0.1, -0.05) is 11.2 Å². The second kappa shape index (κ2) is 5.79. The Labute approximate surface area is 129 Å². The molecule has 3 aromatic heterocycles. The first-order chi connectivity index (χ1) is 10.2. The van der Waals surface area contributed by atoms with Gasteiger partial charge in [0.05, 0.1) is 10.9 Å². The Morgan fingerprint density at radius 2 is 2.24 bits per heavy atom. The average molecular weight is 319 g/mol. The van der Waals surface area contributed by atoms with Crippen LogP contribution in [0.2, 0.25) is 0 Å². The molecule has 0 saturated heterocycles. The number of nitrogens with zero attached hydrogens (tertiary/aromatic N) is 3. The molecule has 0 saturated carbocycles. The van der Waals surface area contributed by atoms with Gasteiger partial charge in [-0.2, -0.15) is 0 Å². The van der Waals surface area contributed by atoms with Crippen LogP contribution in [0.3, 0.4) is 0 Å². The van der Waals surface area contributed by atoms with Crippen molar-refractivity contribution in [2.75, 3.05) is 7.05 Å². The quantitative estimate of drug-likeness (QED) is 0.736. The summed E-state index contributed by atoms with van der Waals surface area (Å²) in [5, 5.41) is 8.54. The van der Waals surface area contributed by atoms with Crippen molar-refractivity contribution in [1.29, 1.82) is 0 Å². The zero-order valence-electron chi connectivity index (χ0n) is 11.5. The topological polar surface area (TPSA) is 59.2 Å². The molecule has 0 radical (unpaired) electrons. The monoisotopic (exact) mass is 319 g/mol. The van der Waals surface area contributed by atoms with Gasteiger partial charge in [0.25, 0.3) is 5.91 Å². The highest BCUT2D eigenvalue weighted by Gasteiger charge is 2.23. The van der Waals surface area contributed by atoms with E-state index in [4.69, 9.17) is 4.52 Å². The third-order valence-electron chi connectivity index (χ3n) is 3.24. The van der Waals surface area contributed by atoms with Crippen LogP contribution in [0.25, 0.3) is 9.88 Å². The molecule has 1 amide bonds. The summed E-state index contributed by atoms with van der Waals surface area (Å²) < 4.78 is 4.82. The van der Waals surface area contributed by atoms with Gasteiger partial charge in [-0.05, 0) is 18.4 Å². The molecule has 0 aliphatic carbocycles. The lowest BCUT2D eigenvalue weighted by Crippen LogP contribution is -2.30. The lowest BCUT2D eigenvalue weighted by Gasteiger charge is -2.22. The molecule has 0 aliphatic rings. The van der Waals surface area contributed by atoms with Crippen LogP contribution in [-0.2, 0) is 0 Å². The number of aromatic nitrogens is 2. The van der Waals surface area contributed by atoms with Crippen LogP contribution in [0, 0.1) is 0 Å². The molecule has 3 rings (SSSR count). The lowest BCUT2D eigenvalue weighted by molar-refractivity contribution is 0.0732. The minimum absolute atomic E-state index is 0.121. The normalized spacial score (nSPS) is 12.3. The molecule has 5 nitrogen and oxygen atoms in total. The first kappa shape index (κ1) is 14.0.